The lowest BCUT2D eigenvalue weighted by atomic mass is 9.97. The number of ether oxygens (including phenoxy) is 2. The van der Waals surface area contributed by atoms with Gasteiger partial charge in [-0.2, -0.15) is 4.31 Å². The van der Waals surface area contributed by atoms with Gasteiger partial charge in [0, 0.05) is 12.3 Å². The van der Waals surface area contributed by atoms with Crippen LogP contribution in [0.4, 0.5) is 0 Å². The summed E-state index contributed by atoms with van der Waals surface area (Å²) in [7, 11) is -11.0. The van der Waals surface area contributed by atoms with Gasteiger partial charge in [-0.3, -0.25) is 23.4 Å². The number of hydrogen-bond donors (Lipinski definition) is 9. The molecule has 2 aliphatic rings. The molecule has 2 fully saturated rings. The molecule has 206 valence electrons. The van der Waals surface area contributed by atoms with Crippen LogP contribution in [0.5, 0.6) is 0 Å². The minimum Gasteiger partial charge on any atom is -0.394 e. The number of nitrogens with two attached hydrogens (primary N) is 1. The van der Waals surface area contributed by atoms with Gasteiger partial charge in [0.2, 0.25) is 0 Å². The average molecular weight is 565 g/mol. The lowest BCUT2D eigenvalue weighted by Gasteiger charge is -2.40. The van der Waals surface area contributed by atoms with E-state index in [2.05, 4.69) is 4.31 Å². The van der Waals surface area contributed by atoms with Gasteiger partial charge in [-0.1, -0.05) is 0 Å². The number of H-pyrrole nitrogens is 1. The minimum atomic E-state index is -5.60. The van der Waals surface area contributed by atoms with Crippen molar-refractivity contribution in [1.29, 1.82) is 0 Å². The standard InChI is InChI=1S/C15H25N3O16P2/c16-8-9(21)5(3-19)32-14(11(8)23)33-36(29,34-35(26,27)28)30-4-6-10(22)12(24)13(31-6)18-2-1-7(20)17-15(18)25/h1-2,5-6,8-14,19,21-24H,3-4,16H2,(H,17,20,25)(H2,26,27,28)/t5-,6+,8-,9-,10?,11-,12?,13+,14+,36?/m1/s1. The summed E-state index contributed by atoms with van der Waals surface area (Å²) >= 11 is 0. The maximum absolute atomic E-state index is 13.0. The van der Waals surface area contributed by atoms with Gasteiger partial charge >= 0.3 is 21.3 Å². The van der Waals surface area contributed by atoms with Crippen molar-refractivity contribution in [1.82, 2.24) is 9.55 Å². The lowest BCUT2D eigenvalue weighted by molar-refractivity contribution is -0.252. The number of nitrogens with zero attached hydrogens (tertiary/aromatic N) is 1. The highest BCUT2D eigenvalue weighted by Crippen LogP contribution is 2.62. The van der Waals surface area contributed by atoms with Crippen LogP contribution < -0.4 is 17.0 Å². The number of nitrogens with one attached hydrogen (secondary N) is 1. The molecule has 10 atom stereocenters. The van der Waals surface area contributed by atoms with Crippen molar-refractivity contribution in [2.24, 2.45) is 5.73 Å². The van der Waals surface area contributed by atoms with E-state index in [4.69, 9.17) is 34.0 Å². The van der Waals surface area contributed by atoms with E-state index in [1.165, 1.54) is 0 Å². The fourth-order valence-corrected chi connectivity index (χ4v) is 5.63. The Hall–Kier alpha value is -1.38. The third kappa shape index (κ3) is 6.54. The van der Waals surface area contributed by atoms with Crippen molar-refractivity contribution in [2.45, 2.75) is 55.2 Å². The maximum atomic E-state index is 13.0. The van der Waals surface area contributed by atoms with Crippen molar-refractivity contribution in [3.8, 4) is 0 Å². The molecule has 1 aromatic heterocycles. The van der Waals surface area contributed by atoms with Crippen molar-refractivity contribution < 1.29 is 67.3 Å². The molecule has 10 N–H and O–H groups in total. The second kappa shape index (κ2) is 11.2. The average Bonchev–Trinajstić information content (AvgIpc) is 3.05. The first kappa shape index (κ1) is 29.2. The summed E-state index contributed by atoms with van der Waals surface area (Å²) in [6.07, 6.45) is -12.8. The summed E-state index contributed by atoms with van der Waals surface area (Å²) in [5.41, 5.74) is 3.85. The topological polar surface area (TPSA) is 303 Å². The molecule has 0 aliphatic carbocycles. The number of rotatable bonds is 9. The first-order chi connectivity index (χ1) is 16.7. The van der Waals surface area contributed by atoms with Gasteiger partial charge in [0.25, 0.3) is 5.56 Å². The van der Waals surface area contributed by atoms with E-state index in [-0.39, 0.29) is 0 Å². The van der Waals surface area contributed by atoms with Crippen LogP contribution in [0.15, 0.2) is 21.9 Å². The van der Waals surface area contributed by atoms with E-state index in [9.17, 15) is 44.3 Å². The minimum absolute atomic E-state index is 0.728. The molecule has 21 heteroatoms. The monoisotopic (exact) mass is 565 g/mol. The summed E-state index contributed by atoms with van der Waals surface area (Å²) in [6, 6.07) is -0.587. The van der Waals surface area contributed by atoms with Gasteiger partial charge in [0.15, 0.2) is 12.5 Å². The molecule has 0 radical (unpaired) electrons. The van der Waals surface area contributed by atoms with E-state index in [0.29, 0.717) is 0 Å². The van der Waals surface area contributed by atoms with Crippen LogP contribution in [-0.2, 0) is 32.0 Å². The highest BCUT2D eigenvalue weighted by atomic mass is 31.3. The van der Waals surface area contributed by atoms with Crippen molar-refractivity contribution >= 4 is 15.6 Å². The zero-order valence-corrected chi connectivity index (χ0v) is 19.8. The molecule has 2 saturated heterocycles. The molecule has 3 heterocycles. The molecular formula is C15H25N3O16P2. The van der Waals surface area contributed by atoms with Gasteiger partial charge in [-0.15, -0.1) is 0 Å². The van der Waals surface area contributed by atoms with Crippen molar-refractivity contribution in [3.05, 3.63) is 33.1 Å². The third-order valence-corrected chi connectivity index (χ3v) is 7.82. The molecule has 0 bridgehead atoms. The molecule has 0 aromatic carbocycles. The van der Waals surface area contributed by atoms with E-state index >= 15 is 0 Å². The normalized spacial score (nSPS) is 37.1. The van der Waals surface area contributed by atoms with Gasteiger partial charge < -0.3 is 50.5 Å². The zero-order valence-electron chi connectivity index (χ0n) is 18.0. The fourth-order valence-electron chi connectivity index (χ4n) is 3.42. The molecule has 3 rings (SSSR count). The summed E-state index contributed by atoms with van der Waals surface area (Å²) in [6.45, 7) is -1.86. The van der Waals surface area contributed by atoms with Crippen molar-refractivity contribution in [3.63, 3.8) is 0 Å². The molecule has 2 aliphatic heterocycles. The highest BCUT2D eigenvalue weighted by Gasteiger charge is 2.50. The highest BCUT2D eigenvalue weighted by molar-refractivity contribution is 7.61. The number of phosphoric ester groups is 1. The van der Waals surface area contributed by atoms with Crippen LogP contribution in [0.25, 0.3) is 0 Å². The SMILES string of the molecule is N[C@H]1[C@@H](O)[C@H](OP(=O)(OC[C@@H]2O[C@H](n3ccc(=O)[nH]c3=O)C(O)C2O)OP(=O)(O)O)O[C@H](CO)[C@H]1O. The van der Waals surface area contributed by atoms with Gasteiger partial charge in [0.1, 0.15) is 36.6 Å². The maximum Gasteiger partial charge on any atom is 0.486 e. The number of phosphoric acid groups is 2. The lowest BCUT2D eigenvalue weighted by Crippen LogP contribution is -2.62. The van der Waals surface area contributed by atoms with Crippen LogP contribution in [0.2, 0.25) is 0 Å². The Labute approximate surface area is 200 Å². The number of hydrogen-bond acceptors (Lipinski definition) is 15. The molecular weight excluding hydrogens is 540 g/mol. The number of aliphatic hydroxyl groups is 5. The van der Waals surface area contributed by atoms with Crippen LogP contribution in [0.1, 0.15) is 6.23 Å². The second-order valence-corrected chi connectivity index (χ2v) is 10.8. The Bertz CT molecular complexity index is 1120. The molecule has 3 unspecified atom stereocenters. The smallest absolute Gasteiger partial charge is 0.394 e. The second-order valence-electron chi connectivity index (χ2n) is 7.77. The number of aromatic amines is 1. The molecule has 1 aromatic rings. The Morgan fingerprint density at radius 1 is 1.03 bits per heavy atom. The largest absolute Gasteiger partial charge is 0.486 e. The Balaban J connectivity index is 1.77. The summed E-state index contributed by atoms with van der Waals surface area (Å²) in [5.74, 6) is 0. The summed E-state index contributed by atoms with van der Waals surface area (Å²) in [4.78, 5) is 43.4. The molecule has 0 amide bonds. The van der Waals surface area contributed by atoms with Crippen LogP contribution in [0.3, 0.4) is 0 Å². The fraction of sp³-hybridized carbons (Fsp3) is 0.733. The van der Waals surface area contributed by atoms with Crippen LogP contribution >= 0.6 is 15.6 Å². The Morgan fingerprint density at radius 2 is 1.69 bits per heavy atom. The van der Waals surface area contributed by atoms with E-state index in [0.717, 1.165) is 16.8 Å². The molecule has 0 spiro atoms. The van der Waals surface area contributed by atoms with E-state index in [1.54, 1.807) is 0 Å². The van der Waals surface area contributed by atoms with Crippen LogP contribution in [-0.4, -0.2) is 107 Å². The zero-order chi connectivity index (χ0) is 27.0. The Kier molecular flexibility index (Phi) is 9.05. The number of aromatic nitrogens is 2. The first-order valence-corrected chi connectivity index (χ1v) is 13.1. The third-order valence-electron chi connectivity index (χ3n) is 5.24. The van der Waals surface area contributed by atoms with E-state index in [1.807, 2.05) is 4.98 Å². The predicted octanol–water partition coefficient (Wildman–Crippen LogP) is -4.83. The van der Waals surface area contributed by atoms with Crippen molar-refractivity contribution in [2.75, 3.05) is 13.2 Å². The first-order valence-electron chi connectivity index (χ1n) is 10.1. The molecule has 0 saturated carbocycles. The Morgan fingerprint density at radius 3 is 2.28 bits per heavy atom. The van der Waals surface area contributed by atoms with E-state index < -0.39 is 95.3 Å². The number of aliphatic hydroxyl groups excluding tert-OH is 5. The van der Waals surface area contributed by atoms with Crippen LogP contribution in [0, 0.1) is 0 Å². The van der Waals surface area contributed by atoms with Gasteiger partial charge in [-0.05, 0) is 0 Å². The quantitative estimate of drug-likeness (QED) is 0.127. The summed E-state index contributed by atoms with van der Waals surface area (Å²) < 4.78 is 49.2. The summed E-state index contributed by atoms with van der Waals surface area (Å²) in [5, 5.41) is 49.8. The van der Waals surface area contributed by atoms with Gasteiger partial charge in [-0.25, -0.2) is 13.9 Å². The molecule has 36 heavy (non-hydrogen) atoms. The predicted molar refractivity (Wildman–Crippen MR) is 111 cm³/mol. The van der Waals surface area contributed by atoms with Gasteiger partial charge in [0.05, 0.1) is 19.3 Å². The molecule has 19 nitrogen and oxygen atoms in total.